The molecule has 0 saturated heterocycles. The highest BCUT2D eigenvalue weighted by molar-refractivity contribution is 5.92. The first-order chi connectivity index (χ1) is 17.4. The van der Waals surface area contributed by atoms with Crippen molar-refractivity contribution in [1.82, 2.24) is 30.0 Å². The monoisotopic (exact) mass is 498 g/mol. The molecule has 0 atom stereocenters. The summed E-state index contributed by atoms with van der Waals surface area (Å²) in [6.07, 6.45) is 3.11. The zero-order valence-electron chi connectivity index (χ0n) is 18.5. The van der Waals surface area contributed by atoms with E-state index < -0.39 is 24.2 Å². The van der Waals surface area contributed by atoms with Crippen molar-refractivity contribution >= 4 is 5.91 Å². The molecule has 0 aliphatic heterocycles. The maximum Gasteiger partial charge on any atom is 0.387 e. The Morgan fingerprint density at radius 2 is 1.81 bits per heavy atom. The van der Waals surface area contributed by atoms with E-state index in [-0.39, 0.29) is 40.6 Å². The molecule has 1 N–H and O–H groups in total. The lowest BCUT2D eigenvalue weighted by Crippen LogP contribution is -2.44. The van der Waals surface area contributed by atoms with E-state index in [9.17, 15) is 22.4 Å². The second kappa shape index (κ2) is 9.72. The fourth-order valence-electron chi connectivity index (χ4n) is 4.00. The second-order valence-electron chi connectivity index (χ2n) is 8.13. The lowest BCUT2D eigenvalue weighted by Gasteiger charge is -2.35. The third kappa shape index (κ3) is 4.74. The van der Waals surface area contributed by atoms with E-state index in [2.05, 4.69) is 30.2 Å². The Kier molecular flexibility index (Phi) is 6.32. The van der Waals surface area contributed by atoms with Crippen molar-refractivity contribution in [2.24, 2.45) is 0 Å². The van der Waals surface area contributed by atoms with Gasteiger partial charge in [-0.3, -0.25) is 9.36 Å². The summed E-state index contributed by atoms with van der Waals surface area (Å²) in [6, 6.07) is 11.1. The van der Waals surface area contributed by atoms with Gasteiger partial charge in [0.25, 0.3) is 5.91 Å². The van der Waals surface area contributed by atoms with Gasteiger partial charge >= 0.3 is 6.61 Å². The first kappa shape index (κ1) is 23.4. The first-order valence-electron chi connectivity index (χ1n) is 10.9. The zero-order chi connectivity index (χ0) is 25.2. The van der Waals surface area contributed by atoms with Gasteiger partial charge in [-0.15, -0.1) is 10.2 Å². The van der Waals surface area contributed by atoms with Gasteiger partial charge in [-0.05, 0) is 49.2 Å². The van der Waals surface area contributed by atoms with Crippen LogP contribution in [-0.4, -0.2) is 43.3 Å². The fourth-order valence-corrected chi connectivity index (χ4v) is 4.00. The minimum atomic E-state index is -2.99. The standard InChI is InChI=1S/C24H18F4N6O2/c25-14-5-7-19(29-11-14)23(35)31-15-9-13(10-15)21-32-33-22(34(21)20-4-2-1-3-17(20)26)18-8-6-16(12-30-18)36-24(27)28/h1-8,11-13,15,24H,9-10H2,(H,31,35)/t13-,15-. The molecule has 1 aromatic carbocycles. The van der Waals surface area contributed by atoms with E-state index in [1.807, 2.05) is 0 Å². The van der Waals surface area contributed by atoms with Gasteiger partial charge < -0.3 is 10.1 Å². The Morgan fingerprint density at radius 3 is 2.47 bits per heavy atom. The predicted molar refractivity (Wildman–Crippen MR) is 119 cm³/mol. The lowest BCUT2D eigenvalue weighted by molar-refractivity contribution is -0.0500. The molecule has 3 heterocycles. The molecule has 0 bridgehead atoms. The smallest absolute Gasteiger partial charge is 0.387 e. The van der Waals surface area contributed by atoms with Gasteiger partial charge in [0.1, 0.15) is 34.6 Å². The summed E-state index contributed by atoms with van der Waals surface area (Å²) in [4.78, 5) is 20.3. The van der Waals surface area contributed by atoms with Crippen molar-refractivity contribution in [3.8, 4) is 23.0 Å². The maximum atomic E-state index is 14.8. The fraction of sp³-hybridized carbons (Fsp3) is 0.208. The molecular weight excluding hydrogens is 480 g/mol. The molecule has 1 saturated carbocycles. The number of para-hydroxylation sites is 1. The number of pyridine rings is 2. The number of alkyl halides is 2. The molecule has 1 amide bonds. The number of nitrogens with zero attached hydrogens (tertiary/aromatic N) is 5. The van der Waals surface area contributed by atoms with Crippen molar-refractivity contribution in [3.05, 3.63) is 84.1 Å². The summed E-state index contributed by atoms with van der Waals surface area (Å²) in [5.41, 5.74) is 0.581. The number of hydrogen-bond donors (Lipinski definition) is 1. The van der Waals surface area contributed by atoms with E-state index in [1.165, 1.54) is 28.8 Å². The number of aromatic nitrogens is 5. The molecule has 1 fully saturated rings. The van der Waals surface area contributed by atoms with E-state index >= 15 is 0 Å². The Balaban J connectivity index is 1.39. The van der Waals surface area contributed by atoms with Gasteiger partial charge in [-0.25, -0.2) is 18.7 Å². The van der Waals surface area contributed by atoms with Crippen LogP contribution in [0.3, 0.4) is 0 Å². The van der Waals surface area contributed by atoms with Gasteiger partial charge in [0, 0.05) is 12.0 Å². The Labute approximate surface area is 202 Å². The topological polar surface area (TPSA) is 94.8 Å². The van der Waals surface area contributed by atoms with Crippen LogP contribution in [0.5, 0.6) is 5.75 Å². The van der Waals surface area contributed by atoms with Gasteiger partial charge in [-0.2, -0.15) is 8.78 Å². The van der Waals surface area contributed by atoms with Crippen LogP contribution in [0.25, 0.3) is 17.2 Å². The van der Waals surface area contributed by atoms with Crippen molar-refractivity contribution in [2.45, 2.75) is 31.4 Å². The zero-order valence-corrected chi connectivity index (χ0v) is 18.5. The van der Waals surface area contributed by atoms with E-state index in [0.29, 0.717) is 18.7 Å². The molecule has 1 aliphatic carbocycles. The highest BCUT2D eigenvalue weighted by atomic mass is 19.3. The number of rotatable bonds is 7. The molecule has 184 valence electrons. The van der Waals surface area contributed by atoms with Crippen LogP contribution in [0.15, 0.2) is 60.9 Å². The first-order valence-corrected chi connectivity index (χ1v) is 10.9. The third-order valence-corrected chi connectivity index (χ3v) is 5.77. The molecule has 5 rings (SSSR count). The summed E-state index contributed by atoms with van der Waals surface area (Å²) in [5.74, 6) is -1.06. The highest BCUT2D eigenvalue weighted by Crippen LogP contribution is 2.39. The summed E-state index contributed by atoms with van der Waals surface area (Å²) >= 11 is 0. The largest absolute Gasteiger partial charge is 0.433 e. The van der Waals surface area contributed by atoms with Gasteiger partial charge in [0.15, 0.2) is 5.82 Å². The van der Waals surface area contributed by atoms with E-state index in [1.54, 1.807) is 18.2 Å². The summed E-state index contributed by atoms with van der Waals surface area (Å²) in [5, 5.41) is 11.3. The number of benzene rings is 1. The third-order valence-electron chi connectivity index (χ3n) is 5.77. The molecule has 4 aromatic rings. The maximum absolute atomic E-state index is 14.8. The van der Waals surface area contributed by atoms with Crippen LogP contribution in [0.1, 0.15) is 35.1 Å². The highest BCUT2D eigenvalue weighted by Gasteiger charge is 2.36. The Bertz CT molecular complexity index is 1370. The lowest BCUT2D eigenvalue weighted by atomic mass is 9.79. The number of carbonyl (C=O) groups excluding carboxylic acids is 1. The summed E-state index contributed by atoms with van der Waals surface area (Å²) in [7, 11) is 0. The molecule has 3 aromatic heterocycles. The predicted octanol–water partition coefficient (Wildman–Crippen LogP) is 4.28. The average Bonchev–Trinajstić information content (AvgIpc) is 3.26. The van der Waals surface area contributed by atoms with Crippen LogP contribution >= 0.6 is 0 Å². The van der Waals surface area contributed by atoms with Crippen LogP contribution in [0.4, 0.5) is 17.6 Å². The van der Waals surface area contributed by atoms with Crippen molar-refractivity contribution < 1.29 is 27.1 Å². The molecule has 0 spiro atoms. The number of ether oxygens (including phenoxy) is 1. The molecular formula is C24H18F4N6O2. The normalized spacial score (nSPS) is 17.0. The molecule has 36 heavy (non-hydrogen) atoms. The van der Waals surface area contributed by atoms with Gasteiger partial charge in [0.2, 0.25) is 0 Å². The number of hydrogen-bond acceptors (Lipinski definition) is 6. The van der Waals surface area contributed by atoms with Crippen molar-refractivity contribution in [3.63, 3.8) is 0 Å². The van der Waals surface area contributed by atoms with Crippen LogP contribution in [0.2, 0.25) is 0 Å². The van der Waals surface area contributed by atoms with Gasteiger partial charge in [0.05, 0.1) is 18.1 Å². The quantitative estimate of drug-likeness (QED) is 0.382. The molecule has 0 unspecified atom stereocenters. The SMILES string of the molecule is O=C(N[C@H]1C[C@H](c2nnc(-c3ccc(OC(F)F)cn3)n2-c2ccccc2F)C1)c1ccc(F)cn1. The Morgan fingerprint density at radius 1 is 1.00 bits per heavy atom. The van der Waals surface area contributed by atoms with Crippen LogP contribution in [-0.2, 0) is 0 Å². The van der Waals surface area contributed by atoms with Crippen LogP contribution < -0.4 is 10.1 Å². The minimum absolute atomic E-state index is 0.0991. The minimum Gasteiger partial charge on any atom is -0.433 e. The summed E-state index contributed by atoms with van der Waals surface area (Å²) in [6.45, 7) is -2.99. The number of nitrogens with one attached hydrogen (secondary N) is 1. The van der Waals surface area contributed by atoms with Crippen molar-refractivity contribution in [2.75, 3.05) is 0 Å². The second-order valence-corrected chi connectivity index (χ2v) is 8.13. The van der Waals surface area contributed by atoms with Crippen LogP contribution in [0, 0.1) is 11.6 Å². The summed E-state index contributed by atoms with van der Waals surface area (Å²) < 4.78 is 58.7. The average molecular weight is 498 g/mol. The number of amides is 1. The number of carbonyl (C=O) groups is 1. The molecule has 1 aliphatic rings. The molecule has 8 nitrogen and oxygen atoms in total. The van der Waals surface area contributed by atoms with E-state index in [4.69, 9.17) is 0 Å². The molecule has 12 heteroatoms. The van der Waals surface area contributed by atoms with E-state index in [0.717, 1.165) is 18.5 Å². The number of halogens is 4. The van der Waals surface area contributed by atoms with Gasteiger partial charge in [-0.1, -0.05) is 12.1 Å². The Hall–Kier alpha value is -4.35. The van der Waals surface area contributed by atoms with Crippen molar-refractivity contribution in [1.29, 1.82) is 0 Å². The molecule has 0 radical (unpaired) electrons.